The summed E-state index contributed by atoms with van der Waals surface area (Å²) in [4.78, 5) is 0. The monoisotopic (exact) mass is 296 g/mol. The Kier molecular flexibility index (Phi) is 3.36. The molecular formula is C11H13ClF2NO2S+. The first kappa shape index (κ1) is 13.7. The van der Waals surface area contributed by atoms with Crippen molar-refractivity contribution in [3.8, 4) is 0 Å². The molecule has 7 heteroatoms. The standard InChI is InChI=1S/C11H13ClF2NO2S/c1-15-7-8(12)6-9(10(15)13)11(14)2-4-18(16,17)5-3-11/h6-7H,2-5H2,1H3/q+1. The fraction of sp³-hybridized carbons (Fsp3) is 0.545. The van der Waals surface area contributed by atoms with Crippen LogP contribution in [0, 0.1) is 5.95 Å². The van der Waals surface area contributed by atoms with Crippen LogP contribution >= 0.6 is 11.6 Å². The summed E-state index contributed by atoms with van der Waals surface area (Å²) in [6, 6.07) is 1.23. The second-order valence-corrected chi connectivity index (χ2v) is 7.33. The van der Waals surface area contributed by atoms with E-state index in [4.69, 9.17) is 11.6 Å². The molecular weight excluding hydrogens is 284 g/mol. The molecule has 0 N–H and O–H groups in total. The molecule has 1 aromatic heterocycles. The molecule has 3 nitrogen and oxygen atoms in total. The Morgan fingerprint density at radius 2 is 1.94 bits per heavy atom. The summed E-state index contributed by atoms with van der Waals surface area (Å²) in [5.74, 6) is -1.25. The third-order valence-corrected chi connectivity index (χ3v) is 5.09. The van der Waals surface area contributed by atoms with Crippen LogP contribution in [0.3, 0.4) is 0 Å². The minimum absolute atomic E-state index is 0.160. The molecule has 0 spiro atoms. The van der Waals surface area contributed by atoms with Crippen molar-refractivity contribution in [1.29, 1.82) is 0 Å². The average Bonchev–Trinajstić information content (AvgIpc) is 2.28. The number of hydrogen-bond acceptors (Lipinski definition) is 2. The van der Waals surface area contributed by atoms with Crippen LogP contribution in [0.5, 0.6) is 0 Å². The molecule has 0 amide bonds. The van der Waals surface area contributed by atoms with Crippen molar-refractivity contribution in [2.75, 3.05) is 11.5 Å². The fourth-order valence-corrected chi connectivity index (χ4v) is 3.84. The summed E-state index contributed by atoms with van der Waals surface area (Å²) in [5.41, 5.74) is -2.12. The maximum Gasteiger partial charge on any atom is 0.365 e. The van der Waals surface area contributed by atoms with Crippen molar-refractivity contribution in [2.24, 2.45) is 7.05 Å². The zero-order valence-electron chi connectivity index (χ0n) is 9.79. The molecule has 2 rings (SSSR count). The summed E-state index contributed by atoms with van der Waals surface area (Å²) < 4.78 is 52.3. The van der Waals surface area contributed by atoms with E-state index in [1.807, 2.05) is 0 Å². The van der Waals surface area contributed by atoms with Crippen LogP contribution in [0.15, 0.2) is 12.3 Å². The van der Waals surface area contributed by atoms with E-state index >= 15 is 0 Å². The summed E-state index contributed by atoms with van der Waals surface area (Å²) in [5, 5.41) is 0.222. The summed E-state index contributed by atoms with van der Waals surface area (Å²) >= 11 is 5.79. The Morgan fingerprint density at radius 3 is 2.50 bits per heavy atom. The Balaban J connectivity index is 2.43. The van der Waals surface area contributed by atoms with Crippen molar-refractivity contribution in [1.82, 2.24) is 0 Å². The molecule has 1 aromatic rings. The number of halogens is 3. The highest BCUT2D eigenvalue weighted by atomic mass is 35.5. The Bertz CT molecular complexity index is 575. The zero-order chi connectivity index (χ0) is 13.6. The van der Waals surface area contributed by atoms with Crippen LogP contribution in [0.1, 0.15) is 18.4 Å². The molecule has 18 heavy (non-hydrogen) atoms. The first-order valence-electron chi connectivity index (χ1n) is 5.48. The third-order valence-electron chi connectivity index (χ3n) is 3.23. The number of pyridine rings is 1. The highest BCUT2D eigenvalue weighted by molar-refractivity contribution is 7.91. The van der Waals surface area contributed by atoms with E-state index in [9.17, 15) is 17.2 Å². The first-order valence-corrected chi connectivity index (χ1v) is 7.68. The van der Waals surface area contributed by atoms with Crippen molar-refractivity contribution in [2.45, 2.75) is 18.5 Å². The van der Waals surface area contributed by atoms with Gasteiger partial charge in [-0.25, -0.2) is 12.8 Å². The number of nitrogens with zero attached hydrogens (tertiary/aromatic N) is 1. The lowest BCUT2D eigenvalue weighted by molar-refractivity contribution is -0.700. The summed E-state index contributed by atoms with van der Waals surface area (Å²) in [6.45, 7) is 0. The van der Waals surface area contributed by atoms with Crippen LogP contribution in [-0.2, 0) is 22.6 Å². The van der Waals surface area contributed by atoms with Gasteiger partial charge in [-0.2, -0.15) is 4.57 Å². The largest absolute Gasteiger partial charge is 0.365 e. The van der Waals surface area contributed by atoms with E-state index in [1.165, 1.54) is 19.3 Å². The van der Waals surface area contributed by atoms with Gasteiger partial charge in [0.25, 0.3) is 0 Å². The van der Waals surface area contributed by atoms with Crippen LogP contribution in [0.2, 0.25) is 5.02 Å². The van der Waals surface area contributed by atoms with Crippen molar-refractivity contribution in [3.05, 3.63) is 28.8 Å². The van der Waals surface area contributed by atoms with Gasteiger partial charge in [0.1, 0.15) is 17.7 Å². The van der Waals surface area contributed by atoms with Gasteiger partial charge in [-0.3, -0.25) is 0 Å². The van der Waals surface area contributed by atoms with Crippen LogP contribution in [0.4, 0.5) is 8.78 Å². The summed E-state index contributed by atoms with van der Waals surface area (Å²) in [6.07, 6.45) is 0.877. The van der Waals surface area contributed by atoms with Gasteiger partial charge in [0, 0.05) is 0 Å². The number of aryl methyl sites for hydroxylation is 1. The van der Waals surface area contributed by atoms with Crippen molar-refractivity contribution < 1.29 is 21.8 Å². The molecule has 2 heterocycles. The van der Waals surface area contributed by atoms with Crippen LogP contribution < -0.4 is 4.57 Å². The van der Waals surface area contributed by atoms with Crippen LogP contribution in [0.25, 0.3) is 0 Å². The van der Waals surface area contributed by atoms with E-state index in [0.717, 1.165) is 4.57 Å². The van der Waals surface area contributed by atoms with Gasteiger partial charge in [0.2, 0.25) is 0 Å². The Labute approximate surface area is 109 Å². The van der Waals surface area contributed by atoms with Gasteiger partial charge in [0.15, 0.2) is 16.0 Å². The van der Waals surface area contributed by atoms with E-state index in [1.54, 1.807) is 0 Å². The number of hydrogen-bond donors (Lipinski definition) is 0. The van der Waals surface area contributed by atoms with Gasteiger partial charge in [0.05, 0.1) is 17.1 Å². The molecule has 1 saturated heterocycles. The number of sulfone groups is 1. The average molecular weight is 297 g/mol. The van der Waals surface area contributed by atoms with E-state index in [-0.39, 0.29) is 34.9 Å². The normalized spacial score (nSPS) is 21.8. The number of rotatable bonds is 1. The molecule has 1 fully saturated rings. The molecule has 0 bridgehead atoms. The highest BCUT2D eigenvalue weighted by Gasteiger charge is 2.43. The molecule has 100 valence electrons. The molecule has 0 atom stereocenters. The van der Waals surface area contributed by atoms with Crippen molar-refractivity contribution in [3.63, 3.8) is 0 Å². The molecule has 0 saturated carbocycles. The quantitative estimate of drug-likeness (QED) is 0.584. The van der Waals surface area contributed by atoms with Crippen LogP contribution in [-0.4, -0.2) is 19.9 Å². The number of aromatic nitrogens is 1. The third kappa shape index (κ3) is 2.49. The predicted molar refractivity (Wildman–Crippen MR) is 63.3 cm³/mol. The Hall–Kier alpha value is -0.750. The van der Waals surface area contributed by atoms with E-state index in [0.29, 0.717) is 0 Å². The van der Waals surface area contributed by atoms with Crippen molar-refractivity contribution >= 4 is 21.4 Å². The summed E-state index contributed by atoms with van der Waals surface area (Å²) in [7, 11) is -1.77. The second-order valence-electron chi connectivity index (χ2n) is 4.59. The van der Waals surface area contributed by atoms with E-state index in [2.05, 4.69) is 0 Å². The lowest BCUT2D eigenvalue weighted by atomic mass is 9.91. The minimum atomic E-state index is -3.20. The van der Waals surface area contributed by atoms with Gasteiger partial charge >= 0.3 is 5.95 Å². The lowest BCUT2D eigenvalue weighted by Crippen LogP contribution is -2.40. The predicted octanol–water partition coefficient (Wildman–Crippen LogP) is 1.68. The highest BCUT2D eigenvalue weighted by Crippen LogP contribution is 2.39. The van der Waals surface area contributed by atoms with Gasteiger partial charge < -0.3 is 0 Å². The smallest absolute Gasteiger partial charge is 0.238 e. The van der Waals surface area contributed by atoms with Gasteiger partial charge in [-0.15, -0.1) is 4.39 Å². The fourth-order valence-electron chi connectivity index (χ4n) is 2.11. The van der Waals surface area contributed by atoms with Gasteiger partial charge in [-0.05, 0) is 18.9 Å². The molecule has 0 aliphatic carbocycles. The molecule has 0 unspecified atom stereocenters. The zero-order valence-corrected chi connectivity index (χ0v) is 11.4. The topological polar surface area (TPSA) is 38.0 Å². The maximum absolute atomic E-state index is 14.7. The number of alkyl halides is 1. The maximum atomic E-state index is 14.7. The lowest BCUT2D eigenvalue weighted by Gasteiger charge is -2.28. The minimum Gasteiger partial charge on any atom is -0.238 e. The molecule has 1 aliphatic heterocycles. The molecule has 0 radical (unpaired) electrons. The first-order chi connectivity index (χ1) is 8.23. The van der Waals surface area contributed by atoms with Gasteiger partial charge in [-0.1, -0.05) is 11.6 Å². The second kappa shape index (κ2) is 4.42. The molecule has 0 aromatic carbocycles. The Morgan fingerprint density at radius 1 is 1.39 bits per heavy atom. The molecule has 1 aliphatic rings. The van der Waals surface area contributed by atoms with E-state index < -0.39 is 21.5 Å². The SMILES string of the molecule is C[n+]1cc(Cl)cc(C2(F)CCS(=O)(=O)CC2)c1F.